The third-order valence-corrected chi connectivity index (χ3v) is 17.1. The Morgan fingerprint density at radius 1 is 0.393 bits per heavy atom. The number of hydrogen-bond donors (Lipinski definition) is 0. The van der Waals surface area contributed by atoms with Crippen LogP contribution >= 0.6 is 34.0 Å². The van der Waals surface area contributed by atoms with Crippen LogP contribution in [0.25, 0.3) is 43.1 Å². The summed E-state index contributed by atoms with van der Waals surface area (Å²) in [4.78, 5) is 7.73. The molecule has 61 heavy (non-hydrogen) atoms. The average molecular weight is 869 g/mol. The van der Waals surface area contributed by atoms with Crippen molar-refractivity contribution in [1.29, 1.82) is 0 Å². The fourth-order valence-corrected chi connectivity index (χ4v) is 13.3. The molecule has 0 unspecified atom stereocenters. The second-order valence-electron chi connectivity index (χ2n) is 17.5. The van der Waals surface area contributed by atoms with Crippen LogP contribution in [0.1, 0.15) is 97.2 Å². The second-order valence-corrected chi connectivity index (χ2v) is 20.6. The van der Waals surface area contributed by atoms with Gasteiger partial charge in [0.1, 0.15) is 23.0 Å². The van der Waals surface area contributed by atoms with E-state index in [0.29, 0.717) is 0 Å². The van der Waals surface area contributed by atoms with E-state index in [1.807, 2.05) is 58.3 Å². The Morgan fingerprint density at radius 2 is 0.738 bits per heavy atom. The number of hydrogen-bond acceptors (Lipinski definition) is 7. The van der Waals surface area contributed by atoms with Crippen LogP contribution < -0.4 is 18.9 Å². The molecule has 0 fully saturated rings. The molecule has 0 saturated heterocycles. The summed E-state index contributed by atoms with van der Waals surface area (Å²) in [6, 6.07) is 34.3. The smallest absolute Gasteiger partial charge is 0.132 e. The summed E-state index contributed by atoms with van der Waals surface area (Å²) in [5.74, 6) is 3.33. The van der Waals surface area contributed by atoms with E-state index in [1.165, 1.54) is 73.8 Å². The van der Waals surface area contributed by atoms with E-state index in [4.69, 9.17) is 18.9 Å². The third kappa shape index (κ3) is 8.06. The molecule has 4 aromatic carbocycles. The molecular formula is C54H60O4S3. The topological polar surface area (TPSA) is 36.9 Å². The van der Waals surface area contributed by atoms with E-state index >= 15 is 0 Å². The van der Waals surface area contributed by atoms with Crippen LogP contribution in [-0.2, 0) is 10.8 Å². The normalized spacial score (nSPS) is 12.1. The maximum Gasteiger partial charge on any atom is 0.132 e. The van der Waals surface area contributed by atoms with Gasteiger partial charge in [-0.25, -0.2) is 0 Å². The minimum atomic E-state index is -0.376. The van der Waals surface area contributed by atoms with Gasteiger partial charge in [-0.3, -0.25) is 0 Å². The van der Waals surface area contributed by atoms with E-state index in [2.05, 4.69) is 156 Å². The van der Waals surface area contributed by atoms with Crippen molar-refractivity contribution in [1.82, 2.24) is 0 Å². The molecule has 0 saturated carbocycles. The van der Waals surface area contributed by atoms with Crippen molar-refractivity contribution in [2.75, 3.05) is 14.2 Å². The van der Waals surface area contributed by atoms with Gasteiger partial charge in [0.15, 0.2) is 0 Å². The van der Waals surface area contributed by atoms with Crippen molar-refractivity contribution in [2.45, 2.75) is 106 Å². The lowest BCUT2D eigenvalue weighted by Gasteiger charge is -2.26. The molecule has 0 aliphatic rings. The van der Waals surface area contributed by atoms with Crippen LogP contribution in [0.4, 0.5) is 0 Å². The Bertz CT molecular complexity index is 2470. The van der Waals surface area contributed by atoms with Crippen LogP contribution in [0.15, 0.2) is 97.1 Å². The molecule has 0 aliphatic heterocycles. The van der Waals surface area contributed by atoms with Gasteiger partial charge in [0.05, 0.1) is 37.6 Å². The fraction of sp³-hybridized carbons (Fsp3) is 0.333. The van der Waals surface area contributed by atoms with Crippen molar-refractivity contribution in [3.8, 4) is 66.1 Å². The summed E-state index contributed by atoms with van der Waals surface area (Å²) < 4.78 is 24.9. The quantitative estimate of drug-likeness (QED) is 0.109. The highest BCUT2D eigenvalue weighted by molar-refractivity contribution is 7.18. The number of thiophene rings is 3. The highest BCUT2D eigenvalue weighted by atomic mass is 32.1. The minimum absolute atomic E-state index is 0.0258. The molecule has 7 heteroatoms. The SMILES string of the molecule is COc1cccc(OC(C)C)c1-c1sc(C(C)(C)c2sc(C(C)(C)c3sc(-c4c(OC)cccc4OC(C)C)c(C)c3C)c(-c3ccccc3)c2-c2ccccc2)c(C)c1C. The van der Waals surface area contributed by atoms with E-state index in [9.17, 15) is 0 Å². The molecule has 3 aromatic heterocycles. The lowest BCUT2D eigenvalue weighted by atomic mass is 9.78. The average Bonchev–Trinajstić information content (AvgIpc) is 3.89. The summed E-state index contributed by atoms with van der Waals surface area (Å²) in [5, 5.41) is 0. The van der Waals surface area contributed by atoms with Gasteiger partial charge in [0.2, 0.25) is 0 Å². The first-order chi connectivity index (χ1) is 29.0. The molecule has 0 amide bonds. The maximum absolute atomic E-state index is 6.44. The Kier molecular flexibility index (Phi) is 12.7. The Hall–Kier alpha value is -4.82. The number of methoxy groups -OCH3 is 2. The zero-order valence-corrected chi connectivity index (χ0v) is 40.7. The molecule has 4 nitrogen and oxygen atoms in total. The summed E-state index contributed by atoms with van der Waals surface area (Å²) >= 11 is 5.71. The van der Waals surface area contributed by atoms with Crippen molar-refractivity contribution in [2.24, 2.45) is 0 Å². The zero-order chi connectivity index (χ0) is 44.0. The minimum Gasteiger partial charge on any atom is -0.496 e. The van der Waals surface area contributed by atoms with Gasteiger partial charge in [-0.05, 0) is 113 Å². The second kappa shape index (κ2) is 17.5. The van der Waals surface area contributed by atoms with Gasteiger partial charge in [0.25, 0.3) is 0 Å². The van der Waals surface area contributed by atoms with E-state index in [0.717, 1.165) is 34.1 Å². The molecule has 3 heterocycles. The van der Waals surface area contributed by atoms with Crippen LogP contribution in [-0.4, -0.2) is 26.4 Å². The van der Waals surface area contributed by atoms with Gasteiger partial charge in [-0.1, -0.05) is 100 Å². The van der Waals surface area contributed by atoms with Gasteiger partial charge in [0, 0.05) is 51.2 Å². The summed E-state index contributed by atoms with van der Waals surface area (Å²) in [7, 11) is 3.50. The molecule has 0 radical (unpaired) electrons. The van der Waals surface area contributed by atoms with Crippen molar-refractivity contribution >= 4 is 34.0 Å². The predicted octanol–water partition coefficient (Wildman–Crippen LogP) is 16.0. The van der Waals surface area contributed by atoms with E-state index in [-0.39, 0.29) is 23.0 Å². The standard InChI is InChI=1S/C54H60O4S3/c1-31(2)57-41-29-21-27-39(55-13)45(41)47-33(5)35(7)49(59-47)53(9,10)51-43(37-23-17-15-18-24-37)44(38-25-19-16-20-26-38)52(61-51)54(11,12)50-36(8)34(6)48(60-50)46-40(56-14)28-22-30-42(46)58-32(3)4/h15-32H,1-14H3. The molecule has 0 bridgehead atoms. The first-order valence-corrected chi connectivity index (χ1v) is 23.6. The Morgan fingerprint density at radius 3 is 1.07 bits per heavy atom. The highest BCUT2D eigenvalue weighted by Crippen LogP contribution is 2.59. The monoisotopic (exact) mass is 868 g/mol. The lowest BCUT2D eigenvalue weighted by Crippen LogP contribution is -2.18. The van der Waals surface area contributed by atoms with Gasteiger partial charge < -0.3 is 18.9 Å². The Balaban J connectivity index is 1.51. The maximum atomic E-state index is 6.44. The van der Waals surface area contributed by atoms with E-state index < -0.39 is 0 Å². The molecule has 7 aromatic rings. The molecule has 7 rings (SSSR count). The van der Waals surface area contributed by atoms with Gasteiger partial charge in [-0.15, -0.1) is 34.0 Å². The fourth-order valence-electron chi connectivity index (χ4n) is 8.65. The van der Waals surface area contributed by atoms with Crippen LogP contribution in [0.5, 0.6) is 23.0 Å². The van der Waals surface area contributed by atoms with E-state index in [1.54, 1.807) is 14.2 Å². The van der Waals surface area contributed by atoms with Crippen LogP contribution in [0.3, 0.4) is 0 Å². The van der Waals surface area contributed by atoms with Crippen molar-refractivity contribution < 1.29 is 18.9 Å². The molecule has 318 valence electrons. The number of benzene rings is 4. The van der Waals surface area contributed by atoms with Gasteiger partial charge >= 0.3 is 0 Å². The zero-order valence-electron chi connectivity index (χ0n) is 38.3. The molecular weight excluding hydrogens is 809 g/mol. The molecule has 0 N–H and O–H groups in total. The predicted molar refractivity (Wildman–Crippen MR) is 263 cm³/mol. The highest BCUT2D eigenvalue weighted by Gasteiger charge is 2.41. The Labute approximate surface area is 376 Å². The molecule has 0 spiro atoms. The first kappa shape index (κ1) is 44.2. The number of ether oxygens (including phenoxy) is 4. The van der Waals surface area contributed by atoms with Crippen molar-refractivity contribution in [3.05, 3.63) is 139 Å². The van der Waals surface area contributed by atoms with Crippen molar-refractivity contribution in [3.63, 3.8) is 0 Å². The van der Waals surface area contributed by atoms with Crippen LogP contribution in [0.2, 0.25) is 0 Å². The summed E-state index contributed by atoms with van der Waals surface area (Å²) in [6.07, 6.45) is 0.0516. The lowest BCUT2D eigenvalue weighted by molar-refractivity contribution is 0.242. The summed E-state index contributed by atoms with van der Waals surface area (Å²) in [5.41, 5.74) is 11.4. The third-order valence-electron chi connectivity index (χ3n) is 11.8. The largest absolute Gasteiger partial charge is 0.496 e. The first-order valence-electron chi connectivity index (χ1n) is 21.2. The number of rotatable bonds is 14. The molecule has 0 atom stereocenters. The van der Waals surface area contributed by atoms with Crippen LogP contribution in [0, 0.1) is 27.7 Å². The van der Waals surface area contributed by atoms with Gasteiger partial charge in [-0.2, -0.15) is 0 Å². The summed E-state index contributed by atoms with van der Waals surface area (Å²) in [6.45, 7) is 27.1. The molecule has 0 aliphatic carbocycles.